The smallest absolute Gasteiger partial charge is 0.0966 e. The highest BCUT2D eigenvalue weighted by molar-refractivity contribution is 9.10. The first kappa shape index (κ1) is 14.3. The predicted octanol–water partition coefficient (Wildman–Crippen LogP) is 6.17. The van der Waals surface area contributed by atoms with Crippen molar-refractivity contribution in [2.45, 2.75) is 45.4 Å². The van der Waals surface area contributed by atoms with Crippen molar-refractivity contribution in [2.24, 2.45) is 5.92 Å². The first-order chi connectivity index (χ1) is 9.65. The summed E-state index contributed by atoms with van der Waals surface area (Å²) < 4.78 is 1.14. The summed E-state index contributed by atoms with van der Waals surface area (Å²) >= 11 is 5.54. The minimum atomic E-state index is 0.686. The molecule has 0 saturated heterocycles. The van der Waals surface area contributed by atoms with Gasteiger partial charge in [0.25, 0.3) is 0 Å². The molecule has 1 aromatic heterocycles. The van der Waals surface area contributed by atoms with Gasteiger partial charge < -0.3 is 0 Å². The molecule has 1 aliphatic rings. The zero-order chi connectivity index (χ0) is 14.1. The van der Waals surface area contributed by atoms with Gasteiger partial charge in [0.2, 0.25) is 0 Å². The molecule has 1 fully saturated rings. The number of benzene rings is 1. The van der Waals surface area contributed by atoms with E-state index in [1.54, 1.807) is 0 Å². The molecule has 1 nitrogen and oxygen atoms in total. The Balaban J connectivity index is 1.90. The number of nitrogens with zero attached hydrogens (tertiary/aromatic N) is 1. The number of hydrogen-bond acceptors (Lipinski definition) is 2. The Kier molecular flexibility index (Phi) is 4.27. The first-order valence-electron chi connectivity index (χ1n) is 7.37. The fraction of sp³-hybridized carbons (Fsp3) is 0.471. The second-order valence-corrected chi connectivity index (χ2v) is 7.98. The van der Waals surface area contributed by atoms with E-state index in [4.69, 9.17) is 4.98 Å². The minimum absolute atomic E-state index is 0.686. The predicted molar refractivity (Wildman–Crippen MR) is 90.4 cm³/mol. The number of aryl methyl sites for hydroxylation is 1. The summed E-state index contributed by atoms with van der Waals surface area (Å²) in [7, 11) is 0. The average molecular weight is 350 g/mol. The van der Waals surface area contributed by atoms with Gasteiger partial charge in [0.15, 0.2) is 0 Å². The van der Waals surface area contributed by atoms with Crippen molar-refractivity contribution in [1.82, 2.24) is 4.98 Å². The maximum atomic E-state index is 4.98. The van der Waals surface area contributed by atoms with Gasteiger partial charge in [-0.15, -0.1) is 11.3 Å². The molecule has 20 heavy (non-hydrogen) atoms. The van der Waals surface area contributed by atoms with E-state index in [0.717, 1.165) is 16.1 Å². The number of aromatic nitrogens is 1. The van der Waals surface area contributed by atoms with E-state index >= 15 is 0 Å². The van der Waals surface area contributed by atoms with Gasteiger partial charge in [0.1, 0.15) is 0 Å². The molecule has 3 heteroatoms. The van der Waals surface area contributed by atoms with Crippen LogP contribution in [0.2, 0.25) is 0 Å². The summed E-state index contributed by atoms with van der Waals surface area (Å²) in [6.07, 6.45) is 5.33. The lowest BCUT2D eigenvalue weighted by molar-refractivity contribution is 0.347. The monoisotopic (exact) mass is 349 g/mol. The van der Waals surface area contributed by atoms with Crippen molar-refractivity contribution in [3.05, 3.63) is 38.6 Å². The van der Waals surface area contributed by atoms with Crippen molar-refractivity contribution in [2.75, 3.05) is 0 Å². The van der Waals surface area contributed by atoms with Crippen LogP contribution >= 0.6 is 27.3 Å². The lowest BCUT2D eigenvalue weighted by Crippen LogP contribution is -2.10. The molecule has 0 unspecified atom stereocenters. The number of halogens is 1. The zero-order valence-corrected chi connectivity index (χ0v) is 14.4. The van der Waals surface area contributed by atoms with E-state index in [-0.39, 0.29) is 0 Å². The standard InChI is InChI=1S/C17H20BrNS/c1-11-7-9-13(10-8-11)17-19-16(12(2)20-17)14-5-3-4-6-15(14)18/h3-6,11,13H,7-10H2,1-2H3. The SMILES string of the molecule is Cc1sc(C2CCC(C)CC2)nc1-c1ccccc1Br. The Hall–Kier alpha value is -0.670. The third kappa shape index (κ3) is 2.84. The number of rotatable bonds is 2. The maximum Gasteiger partial charge on any atom is 0.0966 e. The lowest BCUT2D eigenvalue weighted by Gasteiger charge is -2.24. The highest BCUT2D eigenvalue weighted by Gasteiger charge is 2.23. The van der Waals surface area contributed by atoms with E-state index < -0.39 is 0 Å². The van der Waals surface area contributed by atoms with Gasteiger partial charge in [0, 0.05) is 20.8 Å². The average Bonchev–Trinajstić information content (AvgIpc) is 2.82. The highest BCUT2D eigenvalue weighted by atomic mass is 79.9. The van der Waals surface area contributed by atoms with Gasteiger partial charge in [-0.25, -0.2) is 4.98 Å². The van der Waals surface area contributed by atoms with Crippen LogP contribution in [0, 0.1) is 12.8 Å². The second-order valence-electron chi connectivity index (χ2n) is 5.89. The van der Waals surface area contributed by atoms with Crippen LogP contribution in [0.3, 0.4) is 0 Å². The van der Waals surface area contributed by atoms with Crippen LogP contribution in [0.1, 0.15) is 48.4 Å². The molecule has 0 atom stereocenters. The molecule has 1 saturated carbocycles. The summed E-state index contributed by atoms with van der Waals surface area (Å²) in [5.74, 6) is 1.58. The van der Waals surface area contributed by atoms with Crippen LogP contribution in [0.5, 0.6) is 0 Å². The quantitative estimate of drug-likeness (QED) is 0.631. The third-order valence-corrected chi connectivity index (χ3v) is 6.13. The summed E-state index contributed by atoms with van der Waals surface area (Å²) in [5.41, 5.74) is 2.38. The summed E-state index contributed by atoms with van der Waals surface area (Å²) in [5, 5.41) is 1.35. The fourth-order valence-corrected chi connectivity index (χ4v) is 4.58. The molecular formula is C17H20BrNS. The van der Waals surface area contributed by atoms with E-state index in [1.807, 2.05) is 11.3 Å². The van der Waals surface area contributed by atoms with E-state index in [9.17, 15) is 0 Å². The van der Waals surface area contributed by atoms with Gasteiger partial charge in [-0.1, -0.05) is 53.9 Å². The molecule has 0 bridgehead atoms. The van der Waals surface area contributed by atoms with E-state index in [2.05, 4.69) is 54.0 Å². The molecule has 0 radical (unpaired) electrons. The third-order valence-electron chi connectivity index (χ3n) is 4.31. The molecule has 106 valence electrons. The molecule has 2 aromatic rings. The molecule has 1 aliphatic carbocycles. The Morgan fingerprint density at radius 1 is 1.15 bits per heavy atom. The Labute approximate surface area is 133 Å². The normalized spacial score (nSPS) is 22.9. The minimum Gasteiger partial charge on any atom is -0.241 e. The number of thiazole rings is 1. The Bertz CT molecular complexity index is 597. The highest BCUT2D eigenvalue weighted by Crippen LogP contribution is 2.40. The molecule has 0 amide bonds. The van der Waals surface area contributed by atoms with Crippen LogP contribution in [-0.4, -0.2) is 4.98 Å². The van der Waals surface area contributed by atoms with Crippen molar-refractivity contribution >= 4 is 27.3 Å². The summed E-state index contributed by atoms with van der Waals surface area (Å²) in [6, 6.07) is 8.38. The first-order valence-corrected chi connectivity index (χ1v) is 8.98. The zero-order valence-electron chi connectivity index (χ0n) is 12.0. The molecule has 1 heterocycles. The van der Waals surface area contributed by atoms with Crippen LogP contribution < -0.4 is 0 Å². The largest absolute Gasteiger partial charge is 0.241 e. The van der Waals surface area contributed by atoms with E-state index in [1.165, 1.54) is 41.1 Å². The van der Waals surface area contributed by atoms with Crippen molar-refractivity contribution in [1.29, 1.82) is 0 Å². The topological polar surface area (TPSA) is 12.9 Å². The molecule has 0 N–H and O–H groups in total. The van der Waals surface area contributed by atoms with Crippen molar-refractivity contribution in [3.63, 3.8) is 0 Å². The fourth-order valence-electron chi connectivity index (χ4n) is 3.00. The van der Waals surface area contributed by atoms with Crippen molar-refractivity contribution < 1.29 is 0 Å². The van der Waals surface area contributed by atoms with Gasteiger partial charge in [-0.2, -0.15) is 0 Å². The molecule has 1 aromatic carbocycles. The van der Waals surface area contributed by atoms with E-state index in [0.29, 0.717) is 5.92 Å². The van der Waals surface area contributed by atoms with Crippen molar-refractivity contribution in [3.8, 4) is 11.3 Å². The van der Waals surface area contributed by atoms with Gasteiger partial charge in [-0.05, 0) is 31.7 Å². The molecule has 0 aliphatic heterocycles. The second kappa shape index (κ2) is 5.98. The van der Waals surface area contributed by atoms with Gasteiger partial charge >= 0.3 is 0 Å². The van der Waals surface area contributed by atoms with Crippen LogP contribution in [0.15, 0.2) is 28.7 Å². The molecule has 3 rings (SSSR count). The van der Waals surface area contributed by atoms with Crippen LogP contribution in [0.4, 0.5) is 0 Å². The lowest BCUT2D eigenvalue weighted by atomic mass is 9.83. The van der Waals surface area contributed by atoms with Crippen LogP contribution in [-0.2, 0) is 0 Å². The maximum absolute atomic E-state index is 4.98. The van der Waals surface area contributed by atoms with Crippen LogP contribution in [0.25, 0.3) is 11.3 Å². The van der Waals surface area contributed by atoms with Gasteiger partial charge in [-0.3, -0.25) is 0 Å². The Morgan fingerprint density at radius 2 is 1.85 bits per heavy atom. The summed E-state index contributed by atoms with van der Waals surface area (Å²) in [6.45, 7) is 4.57. The molecular weight excluding hydrogens is 330 g/mol. The summed E-state index contributed by atoms with van der Waals surface area (Å²) in [4.78, 5) is 6.32. The molecule has 0 spiro atoms. The van der Waals surface area contributed by atoms with Gasteiger partial charge in [0.05, 0.1) is 10.7 Å². The number of hydrogen-bond donors (Lipinski definition) is 0. The Morgan fingerprint density at radius 3 is 2.55 bits per heavy atom.